The zero-order chi connectivity index (χ0) is 18.3. The number of nitrogens with zero attached hydrogens (tertiary/aromatic N) is 1. The molecule has 0 unspecified atom stereocenters. The first-order valence-corrected chi connectivity index (χ1v) is 10.8. The lowest BCUT2D eigenvalue weighted by Crippen LogP contribution is -2.34. The summed E-state index contributed by atoms with van der Waals surface area (Å²) in [5.41, 5.74) is 0.411. The van der Waals surface area contributed by atoms with Gasteiger partial charge in [-0.15, -0.1) is 0 Å². The second-order valence-corrected chi connectivity index (χ2v) is 8.91. The van der Waals surface area contributed by atoms with Crippen molar-refractivity contribution in [1.29, 1.82) is 0 Å². The van der Waals surface area contributed by atoms with Crippen LogP contribution in [0.4, 0.5) is 0 Å². The molecule has 0 atom stereocenters. The van der Waals surface area contributed by atoms with Crippen molar-refractivity contribution in [2.45, 2.75) is 69.2 Å². The number of hydrogen-bond donors (Lipinski definition) is 1. The van der Waals surface area contributed by atoms with E-state index in [0.29, 0.717) is 12.1 Å². The number of benzene rings is 1. The maximum Gasteiger partial charge on any atom is 0.251 e. The summed E-state index contributed by atoms with van der Waals surface area (Å²) in [4.78, 5) is 12.7. The van der Waals surface area contributed by atoms with Gasteiger partial charge >= 0.3 is 0 Å². The summed E-state index contributed by atoms with van der Waals surface area (Å²) < 4.78 is 26.6. The Labute approximate surface area is 151 Å². The van der Waals surface area contributed by atoms with Crippen molar-refractivity contribution in [3.63, 3.8) is 0 Å². The first kappa shape index (κ1) is 19.9. The van der Waals surface area contributed by atoms with Gasteiger partial charge in [-0.2, -0.15) is 0 Å². The predicted molar refractivity (Wildman–Crippen MR) is 100 cm³/mol. The summed E-state index contributed by atoms with van der Waals surface area (Å²) in [6.45, 7) is 2.51. The van der Waals surface area contributed by atoms with Gasteiger partial charge in [0.2, 0.25) is 10.0 Å². The molecule has 0 radical (unpaired) electrons. The Hall–Kier alpha value is -1.40. The van der Waals surface area contributed by atoms with Gasteiger partial charge in [-0.25, -0.2) is 12.7 Å². The van der Waals surface area contributed by atoms with Crippen molar-refractivity contribution in [1.82, 2.24) is 9.62 Å². The lowest BCUT2D eigenvalue weighted by molar-refractivity contribution is 0.0933. The van der Waals surface area contributed by atoms with Gasteiger partial charge in [0.25, 0.3) is 5.91 Å². The smallest absolute Gasteiger partial charge is 0.251 e. The van der Waals surface area contributed by atoms with E-state index in [9.17, 15) is 13.2 Å². The molecular formula is C19H30N2O3S. The van der Waals surface area contributed by atoms with Gasteiger partial charge in [0.1, 0.15) is 0 Å². The van der Waals surface area contributed by atoms with E-state index in [0.717, 1.165) is 38.5 Å². The highest BCUT2D eigenvalue weighted by atomic mass is 32.2. The molecule has 1 amide bonds. The highest BCUT2D eigenvalue weighted by Crippen LogP contribution is 2.19. The molecule has 1 aliphatic carbocycles. The van der Waals surface area contributed by atoms with Gasteiger partial charge in [0, 0.05) is 25.2 Å². The highest BCUT2D eigenvalue weighted by Gasteiger charge is 2.22. The third-order valence-electron chi connectivity index (χ3n) is 4.82. The summed E-state index contributed by atoms with van der Waals surface area (Å²) >= 11 is 0. The van der Waals surface area contributed by atoms with E-state index in [-0.39, 0.29) is 16.8 Å². The number of hydrogen-bond acceptors (Lipinski definition) is 3. The molecule has 0 saturated heterocycles. The minimum Gasteiger partial charge on any atom is -0.349 e. The van der Waals surface area contributed by atoms with Crippen LogP contribution in [0.3, 0.4) is 0 Å². The zero-order valence-corrected chi connectivity index (χ0v) is 16.1. The van der Waals surface area contributed by atoms with Crippen LogP contribution in [0.1, 0.15) is 68.6 Å². The van der Waals surface area contributed by atoms with Crippen LogP contribution in [0.5, 0.6) is 0 Å². The minimum atomic E-state index is -3.55. The molecule has 25 heavy (non-hydrogen) atoms. The fourth-order valence-corrected chi connectivity index (χ4v) is 4.43. The van der Waals surface area contributed by atoms with Crippen molar-refractivity contribution in [2.24, 2.45) is 0 Å². The average Bonchev–Trinajstić information content (AvgIpc) is 2.88. The summed E-state index contributed by atoms with van der Waals surface area (Å²) in [7, 11) is -1.97. The molecule has 2 rings (SSSR count). The Morgan fingerprint density at radius 2 is 1.88 bits per heavy atom. The fourth-order valence-electron chi connectivity index (χ4n) is 3.17. The highest BCUT2D eigenvalue weighted by molar-refractivity contribution is 7.89. The minimum absolute atomic E-state index is 0.180. The molecule has 1 N–H and O–H groups in total. The van der Waals surface area contributed by atoms with Crippen LogP contribution in [0.25, 0.3) is 0 Å². The molecular weight excluding hydrogens is 336 g/mol. The summed E-state index contributed by atoms with van der Waals surface area (Å²) in [5, 5.41) is 3.07. The topological polar surface area (TPSA) is 66.5 Å². The fraction of sp³-hybridized carbons (Fsp3) is 0.632. The molecule has 0 aliphatic heterocycles. The van der Waals surface area contributed by atoms with E-state index >= 15 is 0 Å². The van der Waals surface area contributed by atoms with Crippen molar-refractivity contribution >= 4 is 15.9 Å². The second-order valence-electron chi connectivity index (χ2n) is 6.87. The number of carbonyl (C=O) groups is 1. The molecule has 0 aromatic heterocycles. The van der Waals surface area contributed by atoms with E-state index < -0.39 is 10.0 Å². The third kappa shape index (κ3) is 5.54. The second kappa shape index (κ2) is 9.34. The van der Waals surface area contributed by atoms with E-state index in [1.165, 1.54) is 23.2 Å². The van der Waals surface area contributed by atoms with Gasteiger partial charge in [-0.1, -0.05) is 45.1 Å². The van der Waals surface area contributed by atoms with Crippen molar-refractivity contribution in [3.05, 3.63) is 29.8 Å². The summed E-state index contributed by atoms with van der Waals surface area (Å²) in [5.74, 6) is -0.180. The van der Waals surface area contributed by atoms with E-state index in [2.05, 4.69) is 5.32 Å². The lowest BCUT2D eigenvalue weighted by Gasteiger charge is -2.18. The van der Waals surface area contributed by atoms with Gasteiger partial charge in [0.05, 0.1) is 4.90 Å². The normalized spacial score (nSPS) is 16.6. The molecule has 140 valence electrons. The Balaban J connectivity index is 2.10. The van der Waals surface area contributed by atoms with Crippen LogP contribution in [0.15, 0.2) is 29.2 Å². The molecule has 1 aliphatic rings. The van der Waals surface area contributed by atoms with Crippen LogP contribution in [0.2, 0.25) is 0 Å². The van der Waals surface area contributed by atoms with E-state index in [1.807, 2.05) is 6.92 Å². The number of nitrogens with one attached hydrogen (secondary N) is 1. The molecule has 0 spiro atoms. The van der Waals surface area contributed by atoms with Crippen LogP contribution in [0, 0.1) is 0 Å². The molecule has 1 aromatic carbocycles. The molecule has 0 bridgehead atoms. The quantitative estimate of drug-likeness (QED) is 0.750. The number of amides is 1. The van der Waals surface area contributed by atoms with Crippen molar-refractivity contribution < 1.29 is 13.2 Å². The Morgan fingerprint density at radius 3 is 2.52 bits per heavy atom. The van der Waals surface area contributed by atoms with Crippen LogP contribution in [-0.4, -0.2) is 38.3 Å². The van der Waals surface area contributed by atoms with Gasteiger partial charge in [0.15, 0.2) is 0 Å². The summed E-state index contributed by atoms with van der Waals surface area (Å²) in [6.07, 6.45) is 8.49. The van der Waals surface area contributed by atoms with Crippen molar-refractivity contribution in [2.75, 3.05) is 13.6 Å². The summed E-state index contributed by atoms with van der Waals surface area (Å²) in [6, 6.07) is 6.56. The number of rotatable bonds is 7. The SMILES string of the molecule is CCCCN(C)S(=O)(=O)c1cccc(C(=O)NC2CCCCCC2)c1. The molecule has 0 heterocycles. The Kier molecular flexibility index (Phi) is 7.44. The standard InChI is InChI=1S/C19H30N2O3S/c1-3-4-14-21(2)25(23,24)18-13-9-10-16(15-18)19(22)20-17-11-7-5-6-8-12-17/h9-10,13,15,17H,3-8,11-12,14H2,1-2H3,(H,20,22). The number of sulfonamides is 1. The maximum absolute atomic E-state index is 12.6. The molecule has 6 heteroatoms. The Morgan fingerprint density at radius 1 is 1.20 bits per heavy atom. The van der Waals surface area contributed by atoms with Crippen LogP contribution in [-0.2, 0) is 10.0 Å². The number of unbranched alkanes of at least 4 members (excludes halogenated alkanes) is 1. The van der Waals surface area contributed by atoms with Crippen LogP contribution < -0.4 is 5.32 Å². The monoisotopic (exact) mass is 366 g/mol. The van der Waals surface area contributed by atoms with Crippen LogP contribution >= 0.6 is 0 Å². The Bertz CT molecular complexity index is 665. The van der Waals surface area contributed by atoms with E-state index in [1.54, 1.807) is 25.2 Å². The maximum atomic E-state index is 12.6. The third-order valence-corrected chi connectivity index (χ3v) is 6.67. The first-order chi connectivity index (χ1) is 11.9. The van der Waals surface area contributed by atoms with Gasteiger partial charge < -0.3 is 5.32 Å². The van der Waals surface area contributed by atoms with Crippen molar-refractivity contribution in [3.8, 4) is 0 Å². The zero-order valence-electron chi connectivity index (χ0n) is 15.3. The molecule has 1 fully saturated rings. The molecule has 1 saturated carbocycles. The lowest BCUT2D eigenvalue weighted by atomic mass is 10.1. The van der Waals surface area contributed by atoms with Gasteiger partial charge in [-0.3, -0.25) is 4.79 Å². The average molecular weight is 367 g/mol. The molecule has 5 nitrogen and oxygen atoms in total. The first-order valence-electron chi connectivity index (χ1n) is 9.32. The molecule has 1 aromatic rings. The number of carbonyl (C=O) groups excluding carboxylic acids is 1. The van der Waals surface area contributed by atoms with E-state index in [4.69, 9.17) is 0 Å². The predicted octanol–water partition coefficient (Wildman–Crippen LogP) is 3.56. The van der Waals surface area contributed by atoms with Gasteiger partial charge in [-0.05, 0) is 37.5 Å². The largest absolute Gasteiger partial charge is 0.349 e.